The van der Waals surface area contributed by atoms with E-state index in [-0.39, 0.29) is 24.2 Å². The van der Waals surface area contributed by atoms with Crippen LogP contribution in [0.1, 0.15) is 31.9 Å². The number of carbonyl (C=O) groups is 1. The molecule has 8 heteroatoms. The standard InChI is InChI=1S/C23H21FN4O2S/c1-15-7-8-20(16(2)9-15)30-12-17-10-21(31-13-17)22(29)26-23-25-14-28(27-23)11-18-5-3-4-6-19(18)24/h3-10,13-14H,11-12H2,1-2H3,(H,26,27,29). The van der Waals surface area contributed by atoms with Gasteiger partial charge in [-0.25, -0.2) is 14.1 Å². The summed E-state index contributed by atoms with van der Waals surface area (Å²) in [6.45, 7) is 4.66. The highest BCUT2D eigenvalue weighted by molar-refractivity contribution is 7.12. The molecule has 0 spiro atoms. The van der Waals surface area contributed by atoms with Crippen molar-refractivity contribution in [3.8, 4) is 5.75 Å². The van der Waals surface area contributed by atoms with Crippen molar-refractivity contribution in [1.29, 1.82) is 0 Å². The van der Waals surface area contributed by atoms with Gasteiger partial charge in [0.25, 0.3) is 5.91 Å². The third kappa shape index (κ3) is 5.16. The van der Waals surface area contributed by atoms with Gasteiger partial charge in [-0.1, -0.05) is 35.9 Å². The molecule has 1 amide bonds. The molecule has 1 N–H and O–H groups in total. The fourth-order valence-corrected chi connectivity index (χ4v) is 3.88. The molecule has 0 saturated carbocycles. The summed E-state index contributed by atoms with van der Waals surface area (Å²) in [5.41, 5.74) is 3.67. The van der Waals surface area contributed by atoms with Crippen LogP contribution in [0.5, 0.6) is 5.75 Å². The average molecular weight is 437 g/mol. The Morgan fingerprint density at radius 2 is 2.03 bits per heavy atom. The normalized spacial score (nSPS) is 10.8. The molecule has 0 saturated heterocycles. The molecule has 2 aromatic carbocycles. The van der Waals surface area contributed by atoms with Crippen LogP contribution in [0.15, 0.2) is 60.2 Å². The quantitative estimate of drug-likeness (QED) is 0.444. The Morgan fingerprint density at radius 3 is 2.84 bits per heavy atom. The van der Waals surface area contributed by atoms with Crippen molar-refractivity contribution < 1.29 is 13.9 Å². The van der Waals surface area contributed by atoms with E-state index >= 15 is 0 Å². The number of benzene rings is 2. The largest absolute Gasteiger partial charge is 0.489 e. The van der Waals surface area contributed by atoms with E-state index < -0.39 is 0 Å². The second-order valence-corrected chi connectivity index (χ2v) is 8.10. The lowest BCUT2D eigenvalue weighted by atomic mass is 10.1. The van der Waals surface area contributed by atoms with E-state index in [2.05, 4.69) is 21.5 Å². The number of halogens is 1. The maximum Gasteiger partial charge on any atom is 0.268 e. The summed E-state index contributed by atoms with van der Waals surface area (Å²) in [5.74, 6) is 0.388. The molecule has 0 aliphatic carbocycles. The first-order chi connectivity index (χ1) is 15.0. The zero-order chi connectivity index (χ0) is 21.8. The molecule has 4 aromatic rings. The molecule has 31 heavy (non-hydrogen) atoms. The summed E-state index contributed by atoms with van der Waals surface area (Å²) in [4.78, 5) is 17.1. The van der Waals surface area contributed by atoms with Gasteiger partial charge < -0.3 is 4.74 Å². The Morgan fingerprint density at radius 1 is 1.19 bits per heavy atom. The second kappa shape index (κ2) is 9.09. The third-order valence-corrected chi connectivity index (χ3v) is 5.63. The first kappa shape index (κ1) is 20.7. The van der Waals surface area contributed by atoms with Crippen LogP contribution in [-0.2, 0) is 13.2 Å². The first-order valence-corrected chi connectivity index (χ1v) is 10.6. The lowest BCUT2D eigenvalue weighted by molar-refractivity contribution is 0.102. The minimum Gasteiger partial charge on any atom is -0.489 e. The number of amides is 1. The van der Waals surface area contributed by atoms with Crippen molar-refractivity contribution >= 4 is 23.2 Å². The Labute approximate surface area is 183 Å². The molecule has 0 aliphatic heterocycles. The Hall–Kier alpha value is -3.52. The third-order valence-electron chi connectivity index (χ3n) is 4.65. The van der Waals surface area contributed by atoms with Gasteiger partial charge in [0.15, 0.2) is 0 Å². The van der Waals surface area contributed by atoms with Crippen molar-refractivity contribution in [3.63, 3.8) is 0 Å². The zero-order valence-corrected chi connectivity index (χ0v) is 17.9. The predicted molar refractivity (Wildman–Crippen MR) is 118 cm³/mol. The fraction of sp³-hybridized carbons (Fsp3) is 0.174. The number of ether oxygens (including phenoxy) is 1. The lowest BCUT2D eigenvalue weighted by Gasteiger charge is -2.08. The highest BCUT2D eigenvalue weighted by Gasteiger charge is 2.13. The van der Waals surface area contributed by atoms with Crippen molar-refractivity contribution in [3.05, 3.63) is 93.2 Å². The molecular formula is C23H21FN4O2S. The number of nitrogens with zero attached hydrogens (tertiary/aromatic N) is 3. The minimum absolute atomic E-state index is 0.169. The Bertz CT molecular complexity index is 1220. The number of anilines is 1. The van der Waals surface area contributed by atoms with Crippen molar-refractivity contribution in [1.82, 2.24) is 14.8 Å². The molecule has 0 radical (unpaired) electrons. The van der Waals surface area contributed by atoms with E-state index in [0.29, 0.717) is 17.0 Å². The second-order valence-electron chi connectivity index (χ2n) is 7.19. The number of hydrogen-bond donors (Lipinski definition) is 1. The smallest absolute Gasteiger partial charge is 0.268 e. The lowest BCUT2D eigenvalue weighted by Crippen LogP contribution is -2.12. The monoisotopic (exact) mass is 436 g/mol. The molecule has 4 rings (SSSR count). The predicted octanol–water partition coefficient (Wildman–Crippen LogP) is 4.98. The molecule has 0 bridgehead atoms. The molecule has 2 aromatic heterocycles. The highest BCUT2D eigenvalue weighted by atomic mass is 32.1. The maximum absolute atomic E-state index is 13.8. The van der Waals surface area contributed by atoms with Crippen LogP contribution in [0, 0.1) is 19.7 Å². The van der Waals surface area contributed by atoms with Crippen LogP contribution in [-0.4, -0.2) is 20.7 Å². The Balaban J connectivity index is 1.35. The zero-order valence-electron chi connectivity index (χ0n) is 17.1. The number of thiophene rings is 1. The molecule has 0 aliphatic rings. The molecule has 158 valence electrons. The Kier molecular flexibility index (Phi) is 6.08. The number of hydrogen-bond acceptors (Lipinski definition) is 5. The molecule has 2 heterocycles. The minimum atomic E-state index is -0.308. The van der Waals surface area contributed by atoms with Gasteiger partial charge in [0, 0.05) is 11.1 Å². The summed E-state index contributed by atoms with van der Waals surface area (Å²) in [5, 5.41) is 8.77. The molecular weight excluding hydrogens is 415 g/mol. The van der Waals surface area contributed by atoms with Gasteiger partial charge in [-0.3, -0.25) is 10.1 Å². The van der Waals surface area contributed by atoms with Crippen LogP contribution < -0.4 is 10.1 Å². The van der Waals surface area contributed by atoms with Crippen LogP contribution >= 0.6 is 11.3 Å². The van der Waals surface area contributed by atoms with Gasteiger partial charge >= 0.3 is 0 Å². The van der Waals surface area contributed by atoms with Gasteiger partial charge in [-0.2, -0.15) is 0 Å². The van der Waals surface area contributed by atoms with Crippen LogP contribution in [0.4, 0.5) is 10.3 Å². The first-order valence-electron chi connectivity index (χ1n) is 9.69. The molecule has 0 unspecified atom stereocenters. The van der Waals surface area contributed by atoms with Crippen molar-refractivity contribution in [2.24, 2.45) is 0 Å². The fourth-order valence-electron chi connectivity index (χ4n) is 3.09. The molecule has 0 atom stereocenters. The number of nitrogens with one attached hydrogen (secondary N) is 1. The molecule has 6 nitrogen and oxygen atoms in total. The summed E-state index contributed by atoms with van der Waals surface area (Å²) in [6.07, 6.45) is 1.46. The van der Waals surface area contributed by atoms with Gasteiger partial charge in [-0.15, -0.1) is 16.4 Å². The van der Waals surface area contributed by atoms with E-state index in [1.807, 2.05) is 31.4 Å². The molecule has 0 fully saturated rings. The summed E-state index contributed by atoms with van der Waals surface area (Å²) >= 11 is 1.33. The van der Waals surface area contributed by atoms with Gasteiger partial charge in [0.05, 0.1) is 11.4 Å². The maximum atomic E-state index is 13.8. The van der Waals surface area contributed by atoms with Crippen molar-refractivity contribution in [2.45, 2.75) is 27.0 Å². The van der Waals surface area contributed by atoms with E-state index in [9.17, 15) is 9.18 Å². The van der Waals surface area contributed by atoms with Crippen LogP contribution in [0.2, 0.25) is 0 Å². The number of carbonyl (C=O) groups excluding carboxylic acids is 1. The average Bonchev–Trinajstić information content (AvgIpc) is 3.39. The van der Waals surface area contributed by atoms with Crippen LogP contribution in [0.3, 0.4) is 0 Å². The number of aryl methyl sites for hydroxylation is 2. The topological polar surface area (TPSA) is 69.0 Å². The number of rotatable bonds is 7. The van der Waals surface area contributed by atoms with Gasteiger partial charge in [0.2, 0.25) is 5.95 Å². The number of aromatic nitrogens is 3. The van der Waals surface area contributed by atoms with Crippen molar-refractivity contribution in [2.75, 3.05) is 5.32 Å². The summed E-state index contributed by atoms with van der Waals surface area (Å²) < 4.78 is 21.1. The van der Waals surface area contributed by atoms with Gasteiger partial charge in [-0.05, 0) is 43.0 Å². The summed E-state index contributed by atoms with van der Waals surface area (Å²) in [6, 6.07) is 14.3. The van der Waals surface area contributed by atoms with E-state index in [0.717, 1.165) is 16.9 Å². The van der Waals surface area contributed by atoms with E-state index in [4.69, 9.17) is 4.74 Å². The van der Waals surface area contributed by atoms with E-state index in [1.165, 1.54) is 34.0 Å². The van der Waals surface area contributed by atoms with Gasteiger partial charge in [0.1, 0.15) is 24.5 Å². The van der Waals surface area contributed by atoms with E-state index in [1.54, 1.807) is 24.3 Å². The summed E-state index contributed by atoms with van der Waals surface area (Å²) in [7, 11) is 0. The highest BCUT2D eigenvalue weighted by Crippen LogP contribution is 2.22. The van der Waals surface area contributed by atoms with Crippen LogP contribution in [0.25, 0.3) is 0 Å². The SMILES string of the molecule is Cc1ccc(OCc2csc(C(=O)Nc3ncn(Cc4ccccc4F)n3)c2)c(C)c1.